The van der Waals surface area contributed by atoms with E-state index in [-0.39, 0.29) is 19.3 Å². The molecule has 0 radical (unpaired) electrons. The number of aromatic nitrogens is 1. The van der Waals surface area contributed by atoms with E-state index in [0.29, 0.717) is 22.5 Å². The fourth-order valence-electron chi connectivity index (χ4n) is 3.60. The Labute approximate surface area is 160 Å². The quantitative estimate of drug-likeness (QED) is 0.629. The van der Waals surface area contributed by atoms with E-state index in [1.54, 1.807) is 36.4 Å². The SMILES string of the molecule is O=C(On1c(-c2ccccc2)cc2c1CCC(C(F)(F)F)C2)c1ccccc1. The second-order valence-electron chi connectivity index (χ2n) is 6.89. The van der Waals surface area contributed by atoms with E-state index in [1.807, 2.05) is 30.3 Å². The summed E-state index contributed by atoms with van der Waals surface area (Å²) < 4.78 is 41.0. The number of benzene rings is 2. The Hall–Kier alpha value is -3.02. The molecule has 6 heteroatoms. The third kappa shape index (κ3) is 3.54. The van der Waals surface area contributed by atoms with Crippen LogP contribution in [0.15, 0.2) is 66.7 Å². The first-order valence-electron chi connectivity index (χ1n) is 9.07. The van der Waals surface area contributed by atoms with Gasteiger partial charge in [0.05, 0.1) is 22.9 Å². The minimum Gasteiger partial charge on any atom is -0.331 e. The van der Waals surface area contributed by atoms with Gasteiger partial charge in [-0.15, -0.1) is 0 Å². The molecule has 1 unspecified atom stereocenters. The van der Waals surface area contributed by atoms with Crippen LogP contribution in [0.2, 0.25) is 0 Å². The minimum absolute atomic E-state index is 0.0162. The number of carbonyl (C=O) groups excluding carboxylic acids is 1. The van der Waals surface area contributed by atoms with E-state index in [0.717, 1.165) is 5.56 Å². The summed E-state index contributed by atoms with van der Waals surface area (Å²) in [5.74, 6) is -1.92. The number of fused-ring (bicyclic) bond motifs is 1. The van der Waals surface area contributed by atoms with Crippen molar-refractivity contribution in [3.05, 3.63) is 83.6 Å². The van der Waals surface area contributed by atoms with E-state index in [2.05, 4.69) is 0 Å². The van der Waals surface area contributed by atoms with Crippen LogP contribution in [-0.4, -0.2) is 16.9 Å². The second kappa shape index (κ2) is 7.19. The first-order valence-corrected chi connectivity index (χ1v) is 9.07. The topological polar surface area (TPSA) is 31.2 Å². The molecule has 3 nitrogen and oxygen atoms in total. The highest BCUT2D eigenvalue weighted by Gasteiger charge is 2.42. The first-order chi connectivity index (χ1) is 13.4. The molecule has 2 aromatic carbocycles. The molecule has 0 saturated heterocycles. The Bertz CT molecular complexity index is 978. The van der Waals surface area contributed by atoms with Gasteiger partial charge in [-0.05, 0) is 43.0 Å². The monoisotopic (exact) mass is 385 g/mol. The third-order valence-electron chi connectivity index (χ3n) is 5.06. The standard InChI is InChI=1S/C22H18F3NO2/c23-22(24,25)18-11-12-19-17(13-18)14-20(15-7-3-1-4-8-15)26(19)28-21(27)16-9-5-2-6-10-16/h1-10,14,18H,11-13H2. The van der Waals surface area contributed by atoms with Gasteiger partial charge in [0, 0.05) is 5.56 Å². The van der Waals surface area contributed by atoms with Crippen molar-refractivity contribution in [2.24, 2.45) is 5.92 Å². The van der Waals surface area contributed by atoms with Gasteiger partial charge in [-0.3, -0.25) is 0 Å². The van der Waals surface area contributed by atoms with Crippen LogP contribution in [0.3, 0.4) is 0 Å². The molecule has 1 heterocycles. The van der Waals surface area contributed by atoms with Gasteiger partial charge < -0.3 is 4.84 Å². The fraction of sp³-hybridized carbons (Fsp3) is 0.227. The zero-order valence-corrected chi connectivity index (χ0v) is 14.9. The smallest absolute Gasteiger partial charge is 0.331 e. The van der Waals surface area contributed by atoms with Crippen LogP contribution in [0.25, 0.3) is 11.3 Å². The van der Waals surface area contributed by atoms with Gasteiger partial charge in [0.25, 0.3) is 0 Å². The van der Waals surface area contributed by atoms with Crippen molar-refractivity contribution in [3.8, 4) is 11.3 Å². The van der Waals surface area contributed by atoms with Gasteiger partial charge in [0.15, 0.2) is 0 Å². The maximum atomic E-state index is 13.2. The highest BCUT2D eigenvalue weighted by atomic mass is 19.4. The largest absolute Gasteiger partial charge is 0.392 e. The molecular weight excluding hydrogens is 367 g/mol. The molecule has 0 amide bonds. The summed E-state index contributed by atoms with van der Waals surface area (Å²) in [5.41, 5.74) is 2.95. The van der Waals surface area contributed by atoms with Crippen LogP contribution in [0.5, 0.6) is 0 Å². The zero-order valence-electron chi connectivity index (χ0n) is 14.9. The molecule has 0 fully saturated rings. The first kappa shape index (κ1) is 18.3. The maximum Gasteiger partial charge on any atom is 0.392 e. The lowest BCUT2D eigenvalue weighted by molar-refractivity contribution is -0.177. The van der Waals surface area contributed by atoms with Gasteiger partial charge in [-0.1, -0.05) is 48.5 Å². The minimum atomic E-state index is -4.23. The average Bonchev–Trinajstić information content (AvgIpc) is 3.06. The van der Waals surface area contributed by atoms with Gasteiger partial charge in [-0.2, -0.15) is 17.9 Å². The van der Waals surface area contributed by atoms with Crippen LogP contribution in [0.4, 0.5) is 13.2 Å². The molecule has 3 aromatic rings. The molecule has 0 saturated carbocycles. The number of hydrogen-bond acceptors (Lipinski definition) is 2. The Kier molecular flexibility index (Phi) is 4.71. The van der Waals surface area contributed by atoms with Crippen LogP contribution in [0.1, 0.15) is 28.0 Å². The highest BCUT2D eigenvalue weighted by molar-refractivity contribution is 5.89. The summed E-state index contributed by atoms with van der Waals surface area (Å²) in [5, 5.41) is 0. The summed E-state index contributed by atoms with van der Waals surface area (Å²) in [6.07, 6.45) is -4.14. The Balaban J connectivity index is 1.74. The molecule has 0 N–H and O–H groups in total. The Morgan fingerprint density at radius 2 is 1.64 bits per heavy atom. The molecule has 28 heavy (non-hydrogen) atoms. The molecule has 0 bridgehead atoms. The van der Waals surface area contributed by atoms with Gasteiger partial charge in [-0.25, -0.2) is 4.79 Å². The van der Waals surface area contributed by atoms with Crippen molar-refractivity contribution in [2.45, 2.75) is 25.4 Å². The van der Waals surface area contributed by atoms with Crippen molar-refractivity contribution < 1.29 is 22.8 Å². The second-order valence-corrected chi connectivity index (χ2v) is 6.89. The number of halogens is 3. The normalized spacial score (nSPS) is 16.5. The van der Waals surface area contributed by atoms with Crippen molar-refractivity contribution >= 4 is 5.97 Å². The van der Waals surface area contributed by atoms with Crippen LogP contribution >= 0.6 is 0 Å². The summed E-state index contributed by atoms with van der Waals surface area (Å²) in [4.78, 5) is 18.2. The lowest BCUT2D eigenvalue weighted by Crippen LogP contribution is -2.30. The predicted molar refractivity (Wildman–Crippen MR) is 98.8 cm³/mol. The lowest BCUT2D eigenvalue weighted by atomic mass is 9.87. The molecular formula is C22H18F3NO2. The van der Waals surface area contributed by atoms with Crippen molar-refractivity contribution in [1.29, 1.82) is 0 Å². The molecule has 0 spiro atoms. The summed E-state index contributed by atoms with van der Waals surface area (Å²) in [6, 6.07) is 19.5. The highest BCUT2D eigenvalue weighted by Crippen LogP contribution is 2.39. The molecule has 4 rings (SSSR count). The van der Waals surface area contributed by atoms with Crippen LogP contribution in [-0.2, 0) is 12.8 Å². The van der Waals surface area contributed by atoms with Crippen LogP contribution < -0.4 is 4.84 Å². The molecule has 1 atom stereocenters. The van der Waals surface area contributed by atoms with E-state index >= 15 is 0 Å². The van der Waals surface area contributed by atoms with Gasteiger partial charge in [0.2, 0.25) is 0 Å². The number of alkyl halides is 3. The van der Waals surface area contributed by atoms with E-state index in [9.17, 15) is 18.0 Å². The molecule has 1 aromatic heterocycles. The number of nitrogens with zero attached hydrogens (tertiary/aromatic N) is 1. The Morgan fingerprint density at radius 1 is 1.00 bits per heavy atom. The molecule has 144 valence electrons. The summed E-state index contributed by atoms with van der Waals surface area (Å²) in [7, 11) is 0. The number of hydrogen-bond donors (Lipinski definition) is 0. The van der Waals surface area contributed by atoms with Crippen molar-refractivity contribution in [2.75, 3.05) is 0 Å². The zero-order chi connectivity index (χ0) is 19.7. The summed E-state index contributed by atoms with van der Waals surface area (Å²) in [6.45, 7) is 0. The van der Waals surface area contributed by atoms with E-state index in [4.69, 9.17) is 4.84 Å². The lowest BCUT2D eigenvalue weighted by Gasteiger charge is -2.25. The average molecular weight is 385 g/mol. The number of carbonyl (C=O) groups is 1. The Morgan fingerprint density at radius 3 is 2.29 bits per heavy atom. The summed E-state index contributed by atoms with van der Waals surface area (Å²) >= 11 is 0. The van der Waals surface area contributed by atoms with E-state index in [1.165, 1.54) is 4.73 Å². The molecule has 1 aliphatic rings. The van der Waals surface area contributed by atoms with Crippen molar-refractivity contribution in [3.63, 3.8) is 0 Å². The third-order valence-corrected chi connectivity index (χ3v) is 5.06. The van der Waals surface area contributed by atoms with Crippen molar-refractivity contribution in [1.82, 2.24) is 4.73 Å². The molecule has 1 aliphatic carbocycles. The fourth-order valence-corrected chi connectivity index (χ4v) is 3.60. The van der Waals surface area contributed by atoms with Crippen LogP contribution in [0, 0.1) is 5.92 Å². The van der Waals surface area contributed by atoms with E-state index < -0.39 is 18.1 Å². The molecule has 0 aliphatic heterocycles. The predicted octanol–water partition coefficient (Wildman–Crippen LogP) is 5.09. The maximum absolute atomic E-state index is 13.2. The van der Waals surface area contributed by atoms with Gasteiger partial charge >= 0.3 is 12.1 Å². The van der Waals surface area contributed by atoms with Gasteiger partial charge in [0.1, 0.15) is 0 Å². The number of rotatable bonds is 3.